The molecule has 0 saturated carbocycles. The molecule has 0 saturated heterocycles. The molecule has 0 rings (SSSR count). The highest BCUT2D eigenvalue weighted by molar-refractivity contribution is 5.75. The zero-order valence-corrected chi connectivity index (χ0v) is 4.67. The molecule has 0 aliphatic heterocycles. The van der Waals surface area contributed by atoms with Gasteiger partial charge in [0.1, 0.15) is 0 Å². The van der Waals surface area contributed by atoms with E-state index in [1.54, 1.807) is 0 Å². The summed E-state index contributed by atoms with van der Waals surface area (Å²) in [6, 6.07) is 0. The number of nitrogens with two attached hydrogens (primary N) is 2. The molecule has 0 atom stereocenters. The molecule has 0 spiro atoms. The van der Waals surface area contributed by atoms with Crippen LogP contribution in [0.2, 0.25) is 0 Å². The van der Waals surface area contributed by atoms with Crippen LogP contribution in [0.3, 0.4) is 0 Å². The lowest BCUT2D eigenvalue weighted by Gasteiger charge is -1.89. The fourth-order valence-corrected chi connectivity index (χ4v) is 0.279. The van der Waals surface area contributed by atoms with Crippen LogP contribution in [0.4, 0.5) is 0 Å². The third kappa shape index (κ3) is 5.23. The van der Waals surface area contributed by atoms with Crippen molar-refractivity contribution in [3.05, 3.63) is 0 Å². The standard InChI is InChI=1S/C4H11N3O/c5-4(6)7-2-1-3-8/h8H,1-3H2,(H4,5,6,7). The van der Waals surface area contributed by atoms with Crippen molar-refractivity contribution in [1.29, 1.82) is 0 Å². The van der Waals surface area contributed by atoms with Gasteiger partial charge in [0.25, 0.3) is 0 Å². The van der Waals surface area contributed by atoms with E-state index in [0.717, 1.165) is 0 Å². The Bertz CT molecular complexity index is 77.4. The van der Waals surface area contributed by atoms with Crippen molar-refractivity contribution in [3.63, 3.8) is 0 Å². The van der Waals surface area contributed by atoms with Crippen molar-refractivity contribution in [1.82, 2.24) is 0 Å². The maximum absolute atomic E-state index is 8.23. The monoisotopic (exact) mass is 117 g/mol. The number of rotatable bonds is 3. The molecule has 0 amide bonds. The molecule has 0 heterocycles. The first kappa shape index (κ1) is 7.23. The molecule has 0 aromatic carbocycles. The first-order valence-corrected chi connectivity index (χ1v) is 2.43. The molecule has 0 unspecified atom stereocenters. The van der Waals surface area contributed by atoms with Gasteiger partial charge in [-0.15, -0.1) is 0 Å². The SMILES string of the molecule is NC(N)=NCCCO. The largest absolute Gasteiger partial charge is 0.396 e. The van der Waals surface area contributed by atoms with Crippen molar-refractivity contribution in [3.8, 4) is 0 Å². The molecule has 5 N–H and O–H groups in total. The summed E-state index contributed by atoms with van der Waals surface area (Å²) in [6.45, 7) is 0.648. The lowest BCUT2D eigenvalue weighted by molar-refractivity contribution is 0.291. The topological polar surface area (TPSA) is 84.6 Å². The van der Waals surface area contributed by atoms with Gasteiger partial charge in [-0.1, -0.05) is 0 Å². The van der Waals surface area contributed by atoms with Crippen LogP contribution in [0.1, 0.15) is 6.42 Å². The van der Waals surface area contributed by atoms with E-state index in [-0.39, 0.29) is 12.6 Å². The van der Waals surface area contributed by atoms with E-state index >= 15 is 0 Å². The summed E-state index contributed by atoms with van der Waals surface area (Å²) in [7, 11) is 0. The van der Waals surface area contributed by atoms with E-state index in [1.807, 2.05) is 0 Å². The first-order valence-electron chi connectivity index (χ1n) is 2.43. The Kier molecular flexibility index (Phi) is 3.97. The normalized spacial score (nSPS) is 8.62. The molecule has 0 bridgehead atoms. The smallest absolute Gasteiger partial charge is 0.185 e. The molecule has 0 aromatic heterocycles. The van der Waals surface area contributed by atoms with E-state index in [1.165, 1.54) is 0 Å². The quantitative estimate of drug-likeness (QED) is 0.242. The van der Waals surface area contributed by atoms with Crippen molar-refractivity contribution < 1.29 is 5.11 Å². The van der Waals surface area contributed by atoms with Crippen molar-refractivity contribution in [2.45, 2.75) is 6.42 Å². The van der Waals surface area contributed by atoms with Gasteiger partial charge in [0.15, 0.2) is 5.96 Å². The lowest BCUT2D eigenvalue weighted by atomic mass is 10.5. The third-order valence-electron chi connectivity index (χ3n) is 0.611. The molecule has 0 aromatic rings. The number of aliphatic hydroxyl groups is 1. The molecule has 0 radical (unpaired) electrons. The molecular weight excluding hydrogens is 106 g/mol. The summed E-state index contributed by atoms with van der Waals surface area (Å²) in [5.74, 6) is 0.0819. The second kappa shape index (κ2) is 4.39. The molecule has 48 valence electrons. The average molecular weight is 117 g/mol. The van der Waals surface area contributed by atoms with Crippen LogP contribution in [0.15, 0.2) is 4.99 Å². The second-order valence-corrected chi connectivity index (χ2v) is 1.38. The number of nitrogens with zero attached hydrogens (tertiary/aromatic N) is 1. The van der Waals surface area contributed by atoms with Crippen molar-refractivity contribution in [2.24, 2.45) is 16.5 Å². The summed E-state index contributed by atoms with van der Waals surface area (Å²) in [5, 5.41) is 8.23. The Hall–Kier alpha value is -0.770. The van der Waals surface area contributed by atoms with Gasteiger partial charge in [-0.25, -0.2) is 0 Å². The van der Waals surface area contributed by atoms with E-state index in [9.17, 15) is 0 Å². The number of aliphatic hydroxyl groups excluding tert-OH is 1. The fraction of sp³-hybridized carbons (Fsp3) is 0.750. The molecule has 0 aliphatic carbocycles. The zero-order chi connectivity index (χ0) is 6.41. The number of hydrogen-bond donors (Lipinski definition) is 3. The Labute approximate surface area is 48.2 Å². The fourth-order valence-electron chi connectivity index (χ4n) is 0.279. The summed E-state index contributed by atoms with van der Waals surface area (Å²) in [4.78, 5) is 3.63. The molecule has 4 heteroatoms. The highest BCUT2D eigenvalue weighted by atomic mass is 16.3. The Morgan fingerprint density at radius 2 is 2.12 bits per heavy atom. The Morgan fingerprint density at radius 1 is 1.50 bits per heavy atom. The van der Waals surface area contributed by atoms with Crippen molar-refractivity contribution in [2.75, 3.05) is 13.2 Å². The first-order chi connectivity index (χ1) is 3.77. The zero-order valence-electron chi connectivity index (χ0n) is 4.67. The van der Waals surface area contributed by atoms with Crippen LogP contribution in [0.5, 0.6) is 0 Å². The third-order valence-corrected chi connectivity index (χ3v) is 0.611. The second-order valence-electron chi connectivity index (χ2n) is 1.38. The van der Waals surface area contributed by atoms with Gasteiger partial charge in [0.2, 0.25) is 0 Å². The van der Waals surface area contributed by atoms with E-state index in [4.69, 9.17) is 16.6 Å². The molecule has 0 aliphatic rings. The summed E-state index contributed by atoms with van der Waals surface area (Å²) in [6.07, 6.45) is 0.623. The van der Waals surface area contributed by atoms with Gasteiger partial charge in [-0.3, -0.25) is 4.99 Å². The highest BCUT2D eigenvalue weighted by Gasteiger charge is 1.79. The summed E-state index contributed by atoms with van der Waals surface area (Å²) < 4.78 is 0. The maximum Gasteiger partial charge on any atom is 0.185 e. The number of aliphatic imine (C=N–C) groups is 1. The Morgan fingerprint density at radius 3 is 2.50 bits per heavy atom. The average Bonchev–Trinajstić information content (AvgIpc) is 1.66. The minimum atomic E-state index is 0.0819. The predicted octanol–water partition coefficient (Wildman–Crippen LogP) is -1.36. The van der Waals surface area contributed by atoms with Crippen LogP contribution >= 0.6 is 0 Å². The van der Waals surface area contributed by atoms with Crippen LogP contribution < -0.4 is 11.5 Å². The van der Waals surface area contributed by atoms with Crippen LogP contribution in [0.25, 0.3) is 0 Å². The highest BCUT2D eigenvalue weighted by Crippen LogP contribution is 1.75. The van der Waals surface area contributed by atoms with Gasteiger partial charge in [0, 0.05) is 13.2 Å². The van der Waals surface area contributed by atoms with Gasteiger partial charge >= 0.3 is 0 Å². The summed E-state index contributed by atoms with van der Waals surface area (Å²) in [5.41, 5.74) is 9.96. The van der Waals surface area contributed by atoms with E-state index in [0.29, 0.717) is 13.0 Å². The van der Waals surface area contributed by atoms with Crippen molar-refractivity contribution >= 4 is 5.96 Å². The van der Waals surface area contributed by atoms with E-state index < -0.39 is 0 Å². The summed E-state index contributed by atoms with van der Waals surface area (Å²) >= 11 is 0. The molecule has 8 heavy (non-hydrogen) atoms. The van der Waals surface area contributed by atoms with Gasteiger partial charge in [-0.05, 0) is 6.42 Å². The van der Waals surface area contributed by atoms with Crippen LogP contribution in [-0.4, -0.2) is 24.2 Å². The predicted molar refractivity (Wildman–Crippen MR) is 32.4 cm³/mol. The van der Waals surface area contributed by atoms with Gasteiger partial charge < -0.3 is 16.6 Å². The Balaban J connectivity index is 3.03. The molecule has 0 fully saturated rings. The lowest BCUT2D eigenvalue weighted by Crippen LogP contribution is -2.23. The van der Waals surface area contributed by atoms with Crippen LogP contribution in [0, 0.1) is 0 Å². The molecule has 4 nitrogen and oxygen atoms in total. The minimum Gasteiger partial charge on any atom is -0.396 e. The number of guanidine groups is 1. The number of hydrogen-bond acceptors (Lipinski definition) is 2. The van der Waals surface area contributed by atoms with Gasteiger partial charge in [0.05, 0.1) is 0 Å². The molecular formula is C4H11N3O. The minimum absolute atomic E-state index is 0.0819. The van der Waals surface area contributed by atoms with Gasteiger partial charge in [-0.2, -0.15) is 0 Å². The maximum atomic E-state index is 8.23. The van der Waals surface area contributed by atoms with E-state index in [2.05, 4.69) is 4.99 Å². The van der Waals surface area contributed by atoms with Crippen LogP contribution in [-0.2, 0) is 0 Å².